The summed E-state index contributed by atoms with van der Waals surface area (Å²) in [4.78, 5) is 4.14. The Morgan fingerprint density at radius 3 is 2.71 bits per heavy atom. The van der Waals surface area contributed by atoms with Crippen molar-refractivity contribution in [3.63, 3.8) is 0 Å². The molecule has 6 nitrogen and oxygen atoms in total. The van der Waals surface area contributed by atoms with Crippen LogP contribution >= 0.6 is 0 Å². The second-order valence-corrected chi connectivity index (χ2v) is 3.26. The molecular formula is C11H13N3O3. The molecule has 0 unspecified atom stereocenters. The number of methoxy groups -OCH3 is 2. The molecule has 2 N–H and O–H groups in total. The number of rotatable bonds is 4. The van der Waals surface area contributed by atoms with Crippen LogP contribution in [0.5, 0.6) is 11.5 Å². The van der Waals surface area contributed by atoms with E-state index in [1.165, 1.54) is 0 Å². The van der Waals surface area contributed by atoms with Crippen LogP contribution in [0.4, 0.5) is 0 Å². The topological polar surface area (TPSA) is 83.4 Å². The van der Waals surface area contributed by atoms with Gasteiger partial charge < -0.3 is 19.7 Å². The smallest absolute Gasteiger partial charge is 0.240 e. The number of benzene rings is 1. The van der Waals surface area contributed by atoms with Crippen LogP contribution in [0.1, 0.15) is 5.89 Å². The fourth-order valence-electron chi connectivity index (χ4n) is 1.51. The van der Waals surface area contributed by atoms with Crippen LogP contribution in [0.2, 0.25) is 0 Å². The highest BCUT2D eigenvalue weighted by atomic mass is 16.5. The minimum absolute atomic E-state index is 0.208. The van der Waals surface area contributed by atoms with Crippen LogP contribution in [-0.2, 0) is 6.54 Å². The van der Waals surface area contributed by atoms with E-state index in [4.69, 9.17) is 19.7 Å². The van der Waals surface area contributed by atoms with Crippen LogP contribution in [0.25, 0.3) is 11.4 Å². The van der Waals surface area contributed by atoms with Crippen LogP contribution in [0.3, 0.4) is 0 Å². The van der Waals surface area contributed by atoms with E-state index < -0.39 is 0 Å². The molecule has 1 heterocycles. The monoisotopic (exact) mass is 235 g/mol. The van der Waals surface area contributed by atoms with Gasteiger partial charge in [-0.2, -0.15) is 4.98 Å². The van der Waals surface area contributed by atoms with E-state index in [0.717, 1.165) is 0 Å². The molecule has 0 aliphatic carbocycles. The molecule has 0 aliphatic heterocycles. The maximum absolute atomic E-state index is 5.42. The van der Waals surface area contributed by atoms with Crippen molar-refractivity contribution in [1.82, 2.24) is 10.1 Å². The second kappa shape index (κ2) is 4.84. The molecule has 0 amide bonds. The first-order valence-electron chi connectivity index (χ1n) is 5.04. The normalized spacial score (nSPS) is 10.3. The molecule has 1 aromatic heterocycles. The molecule has 1 aromatic carbocycles. The summed E-state index contributed by atoms with van der Waals surface area (Å²) in [6, 6.07) is 5.45. The lowest BCUT2D eigenvalue weighted by atomic mass is 10.1. The van der Waals surface area contributed by atoms with E-state index in [1.807, 2.05) is 12.1 Å². The lowest BCUT2D eigenvalue weighted by Gasteiger charge is -2.09. The van der Waals surface area contributed by atoms with Gasteiger partial charge in [0, 0.05) is 0 Å². The zero-order valence-corrected chi connectivity index (χ0v) is 9.64. The largest absolute Gasteiger partial charge is 0.493 e. The maximum Gasteiger partial charge on any atom is 0.240 e. The average Bonchev–Trinajstić information content (AvgIpc) is 2.86. The molecule has 0 radical (unpaired) electrons. The van der Waals surface area contributed by atoms with Crippen molar-refractivity contribution >= 4 is 0 Å². The fraction of sp³-hybridized carbons (Fsp3) is 0.273. The highest BCUT2D eigenvalue weighted by Crippen LogP contribution is 2.36. The summed E-state index contributed by atoms with van der Waals surface area (Å²) < 4.78 is 15.4. The second-order valence-electron chi connectivity index (χ2n) is 3.26. The van der Waals surface area contributed by atoms with Crippen molar-refractivity contribution < 1.29 is 14.0 Å². The number of hydrogen-bond donors (Lipinski definition) is 1. The molecule has 0 saturated carbocycles. The van der Waals surface area contributed by atoms with E-state index in [0.29, 0.717) is 28.8 Å². The quantitative estimate of drug-likeness (QED) is 0.857. The van der Waals surface area contributed by atoms with Gasteiger partial charge >= 0.3 is 0 Å². The van der Waals surface area contributed by atoms with Gasteiger partial charge in [-0.05, 0) is 12.1 Å². The SMILES string of the molecule is COc1cccc(-c2noc(CN)n2)c1OC. The van der Waals surface area contributed by atoms with Gasteiger partial charge in [-0.1, -0.05) is 11.2 Å². The summed E-state index contributed by atoms with van der Waals surface area (Å²) in [6.07, 6.45) is 0. The zero-order valence-electron chi connectivity index (χ0n) is 9.64. The highest BCUT2D eigenvalue weighted by molar-refractivity contribution is 5.68. The van der Waals surface area contributed by atoms with Gasteiger partial charge in [-0.15, -0.1) is 0 Å². The summed E-state index contributed by atoms with van der Waals surface area (Å²) in [7, 11) is 3.13. The van der Waals surface area contributed by atoms with Crippen molar-refractivity contribution in [3.8, 4) is 22.9 Å². The van der Waals surface area contributed by atoms with Gasteiger partial charge in [-0.3, -0.25) is 0 Å². The standard InChI is InChI=1S/C11H13N3O3/c1-15-8-5-3-4-7(10(8)16-2)11-13-9(6-12)17-14-11/h3-5H,6,12H2,1-2H3. The first-order valence-corrected chi connectivity index (χ1v) is 5.04. The van der Waals surface area contributed by atoms with Gasteiger partial charge in [0.05, 0.1) is 26.3 Å². The Balaban J connectivity index is 2.50. The zero-order chi connectivity index (χ0) is 12.3. The van der Waals surface area contributed by atoms with Crippen LogP contribution in [0, 0.1) is 0 Å². The number of para-hydroxylation sites is 1. The first kappa shape index (κ1) is 11.4. The summed E-state index contributed by atoms with van der Waals surface area (Å²) in [5.74, 6) is 1.99. The molecule has 0 spiro atoms. The van der Waals surface area contributed by atoms with Crippen LogP contribution in [0.15, 0.2) is 22.7 Å². The molecule has 6 heteroatoms. The molecule has 2 aromatic rings. The third-order valence-corrected chi connectivity index (χ3v) is 2.29. The number of ether oxygens (including phenoxy) is 2. The summed E-state index contributed by atoms with van der Waals surface area (Å²) in [5, 5.41) is 3.84. The van der Waals surface area contributed by atoms with Crippen LogP contribution in [-0.4, -0.2) is 24.4 Å². The number of nitrogens with two attached hydrogens (primary N) is 1. The number of nitrogens with zero attached hydrogens (tertiary/aromatic N) is 2. The van der Waals surface area contributed by atoms with Gasteiger partial charge in [0.2, 0.25) is 11.7 Å². The first-order chi connectivity index (χ1) is 8.30. The Morgan fingerprint density at radius 2 is 2.12 bits per heavy atom. The van der Waals surface area contributed by atoms with E-state index in [-0.39, 0.29) is 6.54 Å². The molecule has 0 bridgehead atoms. The van der Waals surface area contributed by atoms with E-state index in [2.05, 4.69) is 10.1 Å². The summed E-state index contributed by atoms with van der Waals surface area (Å²) >= 11 is 0. The molecular weight excluding hydrogens is 222 g/mol. The van der Waals surface area contributed by atoms with Gasteiger partial charge in [0.25, 0.3) is 0 Å². The Hall–Kier alpha value is -2.08. The lowest BCUT2D eigenvalue weighted by molar-refractivity contribution is 0.355. The predicted octanol–water partition coefficient (Wildman–Crippen LogP) is 1.21. The molecule has 17 heavy (non-hydrogen) atoms. The van der Waals surface area contributed by atoms with Gasteiger partial charge in [-0.25, -0.2) is 0 Å². The van der Waals surface area contributed by atoms with E-state index in [1.54, 1.807) is 20.3 Å². The molecule has 0 aliphatic rings. The van der Waals surface area contributed by atoms with E-state index >= 15 is 0 Å². The summed E-state index contributed by atoms with van der Waals surface area (Å²) in [6.45, 7) is 0.208. The molecule has 2 rings (SSSR count). The number of hydrogen-bond acceptors (Lipinski definition) is 6. The molecule has 0 saturated heterocycles. The Kier molecular flexibility index (Phi) is 3.24. The minimum atomic E-state index is 0.208. The van der Waals surface area contributed by atoms with Crippen molar-refractivity contribution in [2.75, 3.05) is 14.2 Å². The Labute approximate surface area is 98.3 Å². The fourth-order valence-corrected chi connectivity index (χ4v) is 1.51. The molecule has 0 fully saturated rings. The lowest BCUT2D eigenvalue weighted by Crippen LogP contribution is -1.96. The Bertz CT molecular complexity index is 510. The maximum atomic E-state index is 5.42. The third kappa shape index (κ3) is 2.07. The van der Waals surface area contributed by atoms with Crippen molar-refractivity contribution in [1.29, 1.82) is 0 Å². The highest BCUT2D eigenvalue weighted by Gasteiger charge is 2.16. The van der Waals surface area contributed by atoms with Gasteiger partial charge in [0.15, 0.2) is 11.5 Å². The van der Waals surface area contributed by atoms with Crippen molar-refractivity contribution in [3.05, 3.63) is 24.1 Å². The predicted molar refractivity (Wildman–Crippen MR) is 60.7 cm³/mol. The molecule has 0 atom stereocenters. The summed E-state index contributed by atoms with van der Waals surface area (Å²) in [5.41, 5.74) is 6.12. The Morgan fingerprint density at radius 1 is 1.29 bits per heavy atom. The van der Waals surface area contributed by atoms with Gasteiger partial charge in [0.1, 0.15) is 0 Å². The van der Waals surface area contributed by atoms with Crippen molar-refractivity contribution in [2.24, 2.45) is 5.73 Å². The van der Waals surface area contributed by atoms with E-state index in [9.17, 15) is 0 Å². The van der Waals surface area contributed by atoms with Crippen molar-refractivity contribution in [2.45, 2.75) is 6.54 Å². The van der Waals surface area contributed by atoms with Crippen LogP contribution < -0.4 is 15.2 Å². The average molecular weight is 235 g/mol. The number of aromatic nitrogens is 2. The minimum Gasteiger partial charge on any atom is -0.493 e. The third-order valence-electron chi connectivity index (χ3n) is 2.29. The molecule has 90 valence electrons.